The molecule has 0 aliphatic carbocycles. The van der Waals surface area contributed by atoms with Gasteiger partial charge in [0.1, 0.15) is 0 Å². The van der Waals surface area contributed by atoms with Crippen LogP contribution >= 0.6 is 11.6 Å². The van der Waals surface area contributed by atoms with Gasteiger partial charge in [-0.05, 0) is 97.9 Å². The van der Waals surface area contributed by atoms with Crippen molar-refractivity contribution in [1.29, 1.82) is 0 Å². The molecule has 2 aromatic carbocycles. The van der Waals surface area contributed by atoms with Gasteiger partial charge in [0.05, 0.1) is 34.2 Å². The van der Waals surface area contributed by atoms with Crippen LogP contribution in [0, 0.1) is 0 Å². The summed E-state index contributed by atoms with van der Waals surface area (Å²) >= 11 is 6.61. The van der Waals surface area contributed by atoms with Gasteiger partial charge in [0.25, 0.3) is 0 Å². The van der Waals surface area contributed by atoms with E-state index in [1.807, 2.05) is 26.0 Å². The average Bonchev–Trinajstić information content (AvgIpc) is 2.92. The topological polar surface area (TPSA) is 37.6 Å². The van der Waals surface area contributed by atoms with Crippen LogP contribution in [-0.4, -0.2) is 16.4 Å². The van der Waals surface area contributed by atoms with Gasteiger partial charge in [0.2, 0.25) is 0 Å². The van der Waals surface area contributed by atoms with Gasteiger partial charge in [-0.3, -0.25) is 9.98 Å². The SMILES string of the molecule is CCc1cc(CC)c(N=C(C)c2cc(Cl)cc(C(C)=Nc3c(CC)cc(CC)cc3CC)n2)c(CC)c1.[Cl-].[Cl-].[Cl-].[V+3]. The van der Waals surface area contributed by atoms with Gasteiger partial charge in [-0.25, -0.2) is 4.98 Å². The van der Waals surface area contributed by atoms with Crippen molar-refractivity contribution in [2.45, 2.75) is 93.9 Å². The maximum atomic E-state index is 6.61. The number of rotatable bonds is 10. The number of aromatic nitrogens is 1. The molecule has 8 heteroatoms. The van der Waals surface area contributed by atoms with E-state index in [0.29, 0.717) is 5.02 Å². The van der Waals surface area contributed by atoms with Crippen molar-refractivity contribution >= 4 is 34.4 Å². The summed E-state index contributed by atoms with van der Waals surface area (Å²) in [5.41, 5.74) is 13.3. The summed E-state index contributed by atoms with van der Waals surface area (Å²) in [5.74, 6) is 0. The number of pyridine rings is 1. The standard InChI is InChI=1S/C33H42ClN3.3ClH.V/c1-9-23-15-25(11-3)32(26(12-4)16-23)35-21(7)30-19-29(34)20-31(37-30)22(8)36-33-27(13-5)17-24(10-2)18-28(33)14-6;;;;/h15-20H,9-14H2,1-8H3;3*1H;/q;;;;+3/p-3. The second-order valence-electron chi connectivity index (χ2n) is 9.60. The van der Waals surface area contributed by atoms with Gasteiger partial charge in [0, 0.05) is 5.02 Å². The van der Waals surface area contributed by atoms with Crippen LogP contribution < -0.4 is 37.2 Å². The van der Waals surface area contributed by atoms with Crippen LogP contribution in [0.15, 0.2) is 46.4 Å². The number of benzene rings is 2. The third kappa shape index (κ3) is 10.4. The Morgan fingerprint density at radius 2 is 0.854 bits per heavy atom. The predicted octanol–water partition coefficient (Wildman–Crippen LogP) is 0.400. The monoisotopic (exact) mass is 671 g/mol. The van der Waals surface area contributed by atoms with Crippen LogP contribution in [-0.2, 0) is 57.1 Å². The van der Waals surface area contributed by atoms with Crippen LogP contribution in [0.3, 0.4) is 0 Å². The first kappa shape index (κ1) is 41.8. The Labute approximate surface area is 283 Å². The van der Waals surface area contributed by atoms with Crippen molar-refractivity contribution in [3.8, 4) is 0 Å². The number of aliphatic imine (C=N–C) groups is 2. The number of aryl methyl sites for hydroxylation is 6. The third-order valence-electron chi connectivity index (χ3n) is 7.09. The molecule has 0 radical (unpaired) electrons. The summed E-state index contributed by atoms with van der Waals surface area (Å²) in [6.45, 7) is 17.2. The second kappa shape index (κ2) is 19.8. The molecule has 0 amide bonds. The molecule has 0 N–H and O–H groups in total. The number of nitrogens with zero attached hydrogens (tertiary/aromatic N) is 3. The van der Waals surface area contributed by atoms with Gasteiger partial charge in [0.15, 0.2) is 0 Å². The van der Waals surface area contributed by atoms with Gasteiger partial charge in [-0.2, -0.15) is 0 Å². The zero-order valence-electron chi connectivity index (χ0n) is 25.5. The van der Waals surface area contributed by atoms with E-state index in [-0.39, 0.29) is 55.8 Å². The predicted molar refractivity (Wildman–Crippen MR) is 162 cm³/mol. The molecule has 0 saturated carbocycles. The largest absolute Gasteiger partial charge is 3.00 e. The van der Waals surface area contributed by atoms with E-state index in [9.17, 15) is 0 Å². The maximum absolute atomic E-state index is 6.61. The smallest absolute Gasteiger partial charge is 1.00 e. The normalized spacial score (nSPS) is 11.1. The van der Waals surface area contributed by atoms with E-state index >= 15 is 0 Å². The summed E-state index contributed by atoms with van der Waals surface area (Å²) in [6, 6.07) is 13.0. The van der Waals surface area contributed by atoms with Gasteiger partial charge >= 0.3 is 18.6 Å². The zero-order valence-corrected chi connectivity index (χ0v) is 29.9. The van der Waals surface area contributed by atoms with Crippen molar-refractivity contribution in [2.24, 2.45) is 9.98 Å². The zero-order chi connectivity index (χ0) is 27.1. The third-order valence-corrected chi connectivity index (χ3v) is 7.30. The molecular formula is C33H42Cl4N3V. The Hall–Kier alpha value is -1.33. The van der Waals surface area contributed by atoms with Crippen molar-refractivity contribution < 1.29 is 55.8 Å². The van der Waals surface area contributed by atoms with E-state index in [0.717, 1.165) is 72.7 Å². The molecule has 0 fully saturated rings. The Bertz CT molecular complexity index is 1190. The molecule has 222 valence electrons. The van der Waals surface area contributed by atoms with Crippen LogP contribution in [0.25, 0.3) is 0 Å². The van der Waals surface area contributed by atoms with Crippen molar-refractivity contribution in [1.82, 2.24) is 4.98 Å². The molecule has 3 aromatic rings. The van der Waals surface area contributed by atoms with Crippen LogP contribution in [0.4, 0.5) is 11.4 Å². The first-order chi connectivity index (χ1) is 17.8. The molecule has 0 aliphatic rings. The van der Waals surface area contributed by atoms with Crippen molar-refractivity contribution in [3.63, 3.8) is 0 Å². The molecule has 0 saturated heterocycles. The second-order valence-corrected chi connectivity index (χ2v) is 10.0. The molecule has 0 bridgehead atoms. The molecule has 0 spiro atoms. The Morgan fingerprint density at radius 3 is 1.10 bits per heavy atom. The summed E-state index contributed by atoms with van der Waals surface area (Å²) < 4.78 is 0. The molecular weight excluding hydrogens is 631 g/mol. The fraction of sp³-hybridized carbons (Fsp3) is 0.424. The van der Waals surface area contributed by atoms with E-state index in [1.54, 1.807) is 0 Å². The summed E-state index contributed by atoms with van der Waals surface area (Å²) in [7, 11) is 0. The molecule has 3 nitrogen and oxygen atoms in total. The first-order valence-corrected chi connectivity index (χ1v) is 14.2. The Kier molecular flexibility index (Phi) is 20.2. The molecule has 0 aliphatic heterocycles. The minimum absolute atomic E-state index is 0. The van der Waals surface area contributed by atoms with Crippen LogP contribution in [0.2, 0.25) is 5.02 Å². The molecule has 1 aromatic heterocycles. The van der Waals surface area contributed by atoms with Gasteiger partial charge < -0.3 is 37.2 Å². The average molecular weight is 673 g/mol. The maximum Gasteiger partial charge on any atom is 3.00 e. The Balaban J connectivity index is 0. The first-order valence-electron chi connectivity index (χ1n) is 13.9. The summed E-state index contributed by atoms with van der Waals surface area (Å²) in [6.07, 6.45) is 5.85. The summed E-state index contributed by atoms with van der Waals surface area (Å²) in [4.78, 5) is 15.2. The number of halogens is 4. The molecule has 3 rings (SSSR count). The minimum atomic E-state index is 0. The quantitative estimate of drug-likeness (QED) is 0.288. The van der Waals surface area contributed by atoms with Crippen molar-refractivity contribution in [2.75, 3.05) is 0 Å². The molecule has 41 heavy (non-hydrogen) atoms. The molecule has 1 heterocycles. The van der Waals surface area contributed by atoms with E-state index in [4.69, 9.17) is 26.6 Å². The van der Waals surface area contributed by atoms with Crippen LogP contribution in [0.5, 0.6) is 0 Å². The van der Waals surface area contributed by atoms with E-state index in [1.165, 1.54) is 33.4 Å². The fourth-order valence-electron chi connectivity index (χ4n) is 4.76. The fourth-order valence-corrected chi connectivity index (χ4v) is 4.96. The molecule has 0 atom stereocenters. The minimum Gasteiger partial charge on any atom is -1.00 e. The number of hydrogen-bond acceptors (Lipinski definition) is 3. The number of hydrogen-bond donors (Lipinski definition) is 0. The van der Waals surface area contributed by atoms with Gasteiger partial charge in [-0.1, -0.05) is 77.4 Å². The van der Waals surface area contributed by atoms with Crippen LogP contribution in [0.1, 0.15) is 100 Å². The van der Waals surface area contributed by atoms with E-state index in [2.05, 4.69) is 65.8 Å². The van der Waals surface area contributed by atoms with E-state index < -0.39 is 0 Å². The molecule has 0 unspecified atom stereocenters. The Morgan fingerprint density at radius 1 is 0.561 bits per heavy atom. The van der Waals surface area contributed by atoms with Gasteiger partial charge in [-0.15, -0.1) is 0 Å². The summed E-state index contributed by atoms with van der Waals surface area (Å²) in [5, 5.41) is 0.643. The van der Waals surface area contributed by atoms with Crippen molar-refractivity contribution in [3.05, 3.63) is 86.2 Å².